The number of nitrogens with one attached hydrogen (secondary N) is 1. The summed E-state index contributed by atoms with van der Waals surface area (Å²) in [4.78, 5) is 0. The molecular weight excluding hydrogens is 226 g/mol. The van der Waals surface area contributed by atoms with E-state index in [2.05, 4.69) is 24.4 Å². The average Bonchev–Trinajstić information content (AvgIpc) is 2.76. The minimum absolute atomic E-state index is 0.633. The second kappa shape index (κ2) is 5.19. The van der Waals surface area contributed by atoms with Gasteiger partial charge in [-0.3, -0.25) is 0 Å². The number of aryl methyl sites for hydroxylation is 1. The van der Waals surface area contributed by atoms with Crippen molar-refractivity contribution in [2.24, 2.45) is 0 Å². The van der Waals surface area contributed by atoms with Gasteiger partial charge in [0, 0.05) is 12.5 Å². The van der Waals surface area contributed by atoms with Gasteiger partial charge in [0.2, 0.25) is 0 Å². The molecule has 2 aliphatic rings. The molecule has 1 fully saturated rings. The van der Waals surface area contributed by atoms with Gasteiger partial charge in [0.25, 0.3) is 0 Å². The molecule has 3 nitrogen and oxygen atoms in total. The van der Waals surface area contributed by atoms with Crippen LogP contribution in [0.2, 0.25) is 0 Å². The van der Waals surface area contributed by atoms with Crippen LogP contribution in [0.3, 0.4) is 0 Å². The normalized spacial score (nSPS) is 22.8. The zero-order valence-corrected chi connectivity index (χ0v) is 11.0. The fourth-order valence-corrected chi connectivity index (χ4v) is 2.77. The lowest BCUT2D eigenvalue weighted by atomic mass is 9.99. The summed E-state index contributed by atoms with van der Waals surface area (Å²) in [5.74, 6) is 1.83. The summed E-state index contributed by atoms with van der Waals surface area (Å²) in [6, 6.07) is 4.94. The van der Waals surface area contributed by atoms with Gasteiger partial charge in [-0.2, -0.15) is 0 Å². The third kappa shape index (κ3) is 2.46. The largest absolute Gasteiger partial charge is 0.490 e. The van der Waals surface area contributed by atoms with Gasteiger partial charge in [-0.15, -0.1) is 0 Å². The number of fused-ring (bicyclic) bond motifs is 1. The Morgan fingerprint density at radius 2 is 1.94 bits per heavy atom. The van der Waals surface area contributed by atoms with Crippen LogP contribution < -0.4 is 14.8 Å². The van der Waals surface area contributed by atoms with Gasteiger partial charge >= 0.3 is 0 Å². The standard InChI is InChI=1S/C15H21NO2/c1-11-8-14-15(18-7-3-6-17-14)10-12(11)9-13-4-2-5-16-13/h8,10,13,16H,2-7,9H2,1H3. The molecule has 1 N–H and O–H groups in total. The van der Waals surface area contributed by atoms with E-state index in [0.717, 1.165) is 44.1 Å². The molecule has 18 heavy (non-hydrogen) atoms. The van der Waals surface area contributed by atoms with Crippen LogP contribution >= 0.6 is 0 Å². The van der Waals surface area contributed by atoms with Gasteiger partial charge in [-0.1, -0.05) is 0 Å². The molecule has 3 heteroatoms. The van der Waals surface area contributed by atoms with E-state index in [4.69, 9.17) is 9.47 Å². The minimum Gasteiger partial charge on any atom is -0.490 e. The first-order chi connectivity index (χ1) is 8.83. The molecule has 1 atom stereocenters. The maximum atomic E-state index is 5.76. The van der Waals surface area contributed by atoms with E-state index in [1.807, 2.05) is 0 Å². The Hall–Kier alpha value is -1.22. The second-order valence-electron chi connectivity index (χ2n) is 5.27. The van der Waals surface area contributed by atoms with E-state index >= 15 is 0 Å². The summed E-state index contributed by atoms with van der Waals surface area (Å²) in [5.41, 5.74) is 2.70. The van der Waals surface area contributed by atoms with Gasteiger partial charge in [-0.05, 0) is 56.0 Å². The fraction of sp³-hybridized carbons (Fsp3) is 0.600. The molecule has 1 aromatic carbocycles. The van der Waals surface area contributed by atoms with Crippen molar-refractivity contribution in [1.29, 1.82) is 0 Å². The Kier molecular flexibility index (Phi) is 3.41. The van der Waals surface area contributed by atoms with Crippen molar-refractivity contribution in [3.05, 3.63) is 23.3 Å². The predicted octanol–water partition coefficient (Wildman–Crippen LogP) is 2.45. The van der Waals surface area contributed by atoms with E-state index in [0.29, 0.717) is 6.04 Å². The van der Waals surface area contributed by atoms with E-state index < -0.39 is 0 Å². The summed E-state index contributed by atoms with van der Waals surface area (Å²) < 4.78 is 11.5. The lowest BCUT2D eigenvalue weighted by molar-refractivity contribution is 0.297. The van der Waals surface area contributed by atoms with E-state index in [1.54, 1.807) is 0 Å². The maximum absolute atomic E-state index is 5.76. The van der Waals surface area contributed by atoms with Crippen LogP contribution in [0, 0.1) is 6.92 Å². The van der Waals surface area contributed by atoms with Crippen molar-refractivity contribution in [2.45, 2.75) is 38.6 Å². The molecule has 2 aliphatic heterocycles. The fourth-order valence-electron chi connectivity index (χ4n) is 2.77. The molecule has 1 saturated heterocycles. The van der Waals surface area contributed by atoms with Crippen molar-refractivity contribution in [3.8, 4) is 11.5 Å². The molecule has 98 valence electrons. The van der Waals surface area contributed by atoms with Crippen LogP contribution in [-0.4, -0.2) is 25.8 Å². The van der Waals surface area contributed by atoms with Crippen molar-refractivity contribution in [3.63, 3.8) is 0 Å². The molecule has 0 spiro atoms. The Morgan fingerprint density at radius 3 is 2.67 bits per heavy atom. The van der Waals surface area contributed by atoms with Gasteiger partial charge in [0.15, 0.2) is 11.5 Å². The first-order valence-corrected chi connectivity index (χ1v) is 6.95. The number of hydrogen-bond acceptors (Lipinski definition) is 3. The number of hydrogen-bond donors (Lipinski definition) is 1. The van der Waals surface area contributed by atoms with Crippen molar-refractivity contribution >= 4 is 0 Å². The van der Waals surface area contributed by atoms with E-state index in [9.17, 15) is 0 Å². The highest BCUT2D eigenvalue weighted by atomic mass is 16.5. The molecule has 0 aliphatic carbocycles. The van der Waals surface area contributed by atoms with Crippen LogP contribution in [0.25, 0.3) is 0 Å². The smallest absolute Gasteiger partial charge is 0.161 e. The summed E-state index contributed by atoms with van der Waals surface area (Å²) in [7, 11) is 0. The molecule has 1 unspecified atom stereocenters. The highest BCUT2D eigenvalue weighted by molar-refractivity contribution is 5.47. The summed E-state index contributed by atoms with van der Waals surface area (Å²) in [5, 5.41) is 3.55. The van der Waals surface area contributed by atoms with Gasteiger partial charge in [-0.25, -0.2) is 0 Å². The van der Waals surface area contributed by atoms with Crippen molar-refractivity contribution in [2.75, 3.05) is 19.8 Å². The predicted molar refractivity (Wildman–Crippen MR) is 71.5 cm³/mol. The molecule has 2 heterocycles. The summed E-state index contributed by atoms with van der Waals surface area (Å²) >= 11 is 0. The van der Waals surface area contributed by atoms with Crippen molar-refractivity contribution in [1.82, 2.24) is 5.32 Å². The Balaban J connectivity index is 1.83. The number of ether oxygens (including phenoxy) is 2. The SMILES string of the molecule is Cc1cc2c(cc1CC1CCCN1)OCCCO2. The Labute approximate surface area is 108 Å². The first kappa shape index (κ1) is 11.8. The lowest BCUT2D eigenvalue weighted by Crippen LogP contribution is -2.24. The molecule has 0 bridgehead atoms. The zero-order valence-electron chi connectivity index (χ0n) is 11.0. The third-order valence-electron chi connectivity index (χ3n) is 3.83. The lowest BCUT2D eigenvalue weighted by Gasteiger charge is -2.15. The quantitative estimate of drug-likeness (QED) is 0.870. The van der Waals surface area contributed by atoms with Crippen LogP contribution in [-0.2, 0) is 6.42 Å². The van der Waals surface area contributed by atoms with Gasteiger partial charge in [0.05, 0.1) is 13.2 Å². The topological polar surface area (TPSA) is 30.5 Å². The molecule has 3 rings (SSSR count). The van der Waals surface area contributed by atoms with Crippen LogP contribution in [0.1, 0.15) is 30.4 Å². The second-order valence-corrected chi connectivity index (χ2v) is 5.27. The van der Waals surface area contributed by atoms with Crippen LogP contribution in [0.15, 0.2) is 12.1 Å². The van der Waals surface area contributed by atoms with Gasteiger partial charge < -0.3 is 14.8 Å². The van der Waals surface area contributed by atoms with Crippen LogP contribution in [0.4, 0.5) is 0 Å². The van der Waals surface area contributed by atoms with E-state index in [-0.39, 0.29) is 0 Å². The zero-order chi connectivity index (χ0) is 12.4. The van der Waals surface area contributed by atoms with E-state index in [1.165, 1.54) is 24.0 Å². The first-order valence-electron chi connectivity index (χ1n) is 6.95. The summed E-state index contributed by atoms with van der Waals surface area (Å²) in [6.07, 6.45) is 4.65. The molecule has 0 amide bonds. The highest BCUT2D eigenvalue weighted by Crippen LogP contribution is 2.33. The summed E-state index contributed by atoms with van der Waals surface area (Å²) in [6.45, 7) is 4.85. The monoisotopic (exact) mass is 247 g/mol. The molecule has 0 radical (unpaired) electrons. The molecular formula is C15H21NO2. The molecule has 0 aromatic heterocycles. The third-order valence-corrected chi connectivity index (χ3v) is 3.83. The average molecular weight is 247 g/mol. The number of rotatable bonds is 2. The molecule has 1 aromatic rings. The van der Waals surface area contributed by atoms with Gasteiger partial charge in [0.1, 0.15) is 0 Å². The van der Waals surface area contributed by atoms with Crippen LogP contribution in [0.5, 0.6) is 11.5 Å². The molecule has 0 saturated carbocycles. The van der Waals surface area contributed by atoms with Crippen molar-refractivity contribution < 1.29 is 9.47 Å². The Morgan fingerprint density at radius 1 is 1.17 bits per heavy atom. The minimum atomic E-state index is 0.633. The maximum Gasteiger partial charge on any atom is 0.161 e. The number of benzene rings is 1. The Bertz CT molecular complexity index is 425. The highest BCUT2D eigenvalue weighted by Gasteiger charge is 2.18.